The maximum atomic E-state index is 10.2. The molecule has 18 heavy (non-hydrogen) atoms. The fourth-order valence-electron chi connectivity index (χ4n) is 2.41. The molecule has 0 aliphatic carbocycles. The highest BCUT2D eigenvalue weighted by molar-refractivity contribution is 5.85. The number of hydrogen-bond acceptors (Lipinski definition) is 5. The number of likely N-dealkylation sites (N-methyl/N-ethyl adjacent to an activating group) is 1. The van der Waals surface area contributed by atoms with E-state index in [0.717, 1.165) is 24.1 Å². The van der Waals surface area contributed by atoms with E-state index < -0.39 is 6.23 Å². The van der Waals surface area contributed by atoms with Crippen LogP contribution in [0.25, 0.3) is 0 Å². The van der Waals surface area contributed by atoms with Crippen molar-refractivity contribution in [1.29, 1.82) is 0 Å². The Hall–Kier alpha value is -1.17. The van der Waals surface area contributed by atoms with Gasteiger partial charge in [0.2, 0.25) is 12.5 Å². The molecule has 1 aromatic carbocycles. The third kappa shape index (κ3) is 1.79. The maximum Gasteiger partial charge on any atom is 0.231 e. The molecule has 2 heterocycles. The summed E-state index contributed by atoms with van der Waals surface area (Å²) in [6.07, 6.45) is 0.221. The lowest BCUT2D eigenvalue weighted by Gasteiger charge is -2.32. The van der Waals surface area contributed by atoms with Crippen LogP contribution in [0.5, 0.6) is 17.2 Å². The molecule has 6 heteroatoms. The Morgan fingerprint density at radius 3 is 2.94 bits per heavy atom. The lowest BCUT2D eigenvalue weighted by molar-refractivity contribution is 0.0106. The molecule has 0 fully saturated rings. The van der Waals surface area contributed by atoms with E-state index in [9.17, 15) is 5.11 Å². The molecule has 1 aromatic rings. The molecule has 0 aromatic heterocycles. The van der Waals surface area contributed by atoms with Crippen LogP contribution >= 0.6 is 12.4 Å². The van der Waals surface area contributed by atoms with Crippen molar-refractivity contribution in [3.63, 3.8) is 0 Å². The van der Waals surface area contributed by atoms with Gasteiger partial charge >= 0.3 is 0 Å². The minimum absolute atomic E-state index is 0. The molecule has 1 N–H and O–H groups in total. The number of fused-ring (bicyclic) bond motifs is 2. The number of nitrogens with zero attached hydrogens (tertiary/aromatic N) is 1. The molecule has 0 bridgehead atoms. The fourth-order valence-corrected chi connectivity index (χ4v) is 2.41. The van der Waals surface area contributed by atoms with Gasteiger partial charge in [-0.1, -0.05) is 0 Å². The van der Waals surface area contributed by atoms with E-state index in [1.54, 1.807) is 7.11 Å². The fraction of sp³-hybridized carbons (Fsp3) is 0.500. The minimum atomic E-state index is -0.650. The standard InChI is InChI=1S/C12H15NO4.ClH/c1-13-4-3-7-5-8-10(17-6-16-8)11(15-2)9(7)12(13)14;/h5,12,14H,3-4,6H2,1-2H3;1H. The number of ether oxygens (including phenoxy) is 3. The van der Waals surface area contributed by atoms with E-state index in [-0.39, 0.29) is 19.2 Å². The molecular formula is C12H16ClNO4. The van der Waals surface area contributed by atoms with Crippen molar-refractivity contribution in [2.75, 3.05) is 27.5 Å². The van der Waals surface area contributed by atoms with Gasteiger partial charge < -0.3 is 19.3 Å². The number of benzene rings is 1. The van der Waals surface area contributed by atoms with Crippen LogP contribution in [-0.4, -0.2) is 37.5 Å². The lowest BCUT2D eigenvalue weighted by atomic mass is 9.96. The monoisotopic (exact) mass is 273 g/mol. The summed E-state index contributed by atoms with van der Waals surface area (Å²) in [4.78, 5) is 1.88. The van der Waals surface area contributed by atoms with Gasteiger partial charge in [0.25, 0.3) is 0 Å². The second kappa shape index (κ2) is 4.84. The largest absolute Gasteiger partial charge is 0.492 e. The van der Waals surface area contributed by atoms with E-state index in [4.69, 9.17) is 14.2 Å². The van der Waals surface area contributed by atoms with Crippen LogP contribution in [0.4, 0.5) is 0 Å². The third-order valence-electron chi connectivity index (χ3n) is 3.36. The van der Waals surface area contributed by atoms with Crippen molar-refractivity contribution in [2.45, 2.75) is 12.6 Å². The Morgan fingerprint density at radius 2 is 2.22 bits per heavy atom. The topological polar surface area (TPSA) is 51.2 Å². The van der Waals surface area contributed by atoms with Crippen LogP contribution in [-0.2, 0) is 6.42 Å². The van der Waals surface area contributed by atoms with Crippen molar-refractivity contribution in [3.8, 4) is 17.2 Å². The molecule has 0 spiro atoms. The molecule has 100 valence electrons. The summed E-state index contributed by atoms with van der Waals surface area (Å²) in [7, 11) is 3.47. The van der Waals surface area contributed by atoms with Crippen LogP contribution in [0.15, 0.2) is 6.07 Å². The molecule has 0 saturated heterocycles. The van der Waals surface area contributed by atoms with Crippen LogP contribution in [0, 0.1) is 0 Å². The summed E-state index contributed by atoms with van der Waals surface area (Å²) in [5, 5.41) is 10.2. The zero-order chi connectivity index (χ0) is 12.0. The Balaban J connectivity index is 0.00000120. The number of aliphatic hydroxyl groups is 1. The van der Waals surface area contributed by atoms with E-state index in [2.05, 4.69) is 0 Å². The van der Waals surface area contributed by atoms with Gasteiger partial charge in [-0.05, 0) is 25.1 Å². The molecule has 2 aliphatic rings. The SMILES string of the molecule is COc1c2c(cc3c1C(O)N(C)CC3)OCO2.Cl. The van der Waals surface area contributed by atoms with Gasteiger partial charge in [0.1, 0.15) is 6.23 Å². The smallest absolute Gasteiger partial charge is 0.231 e. The molecule has 5 nitrogen and oxygen atoms in total. The molecule has 1 atom stereocenters. The summed E-state index contributed by atoms with van der Waals surface area (Å²) in [6, 6.07) is 1.94. The number of halogens is 1. The predicted molar refractivity (Wildman–Crippen MR) is 67.7 cm³/mol. The predicted octanol–water partition coefficient (Wildman–Crippen LogP) is 1.32. The van der Waals surface area contributed by atoms with Crippen molar-refractivity contribution < 1.29 is 19.3 Å². The maximum absolute atomic E-state index is 10.2. The number of rotatable bonds is 1. The quantitative estimate of drug-likeness (QED) is 0.836. The molecule has 1 unspecified atom stereocenters. The average Bonchev–Trinajstić information content (AvgIpc) is 2.79. The van der Waals surface area contributed by atoms with Crippen LogP contribution in [0.3, 0.4) is 0 Å². The Morgan fingerprint density at radius 1 is 1.44 bits per heavy atom. The Labute approximate surface area is 112 Å². The zero-order valence-electron chi connectivity index (χ0n) is 10.3. The van der Waals surface area contributed by atoms with Gasteiger partial charge in [0.15, 0.2) is 11.5 Å². The van der Waals surface area contributed by atoms with Crippen LogP contribution in [0.1, 0.15) is 17.4 Å². The summed E-state index contributed by atoms with van der Waals surface area (Å²) >= 11 is 0. The first-order valence-corrected chi connectivity index (χ1v) is 5.60. The van der Waals surface area contributed by atoms with Crippen molar-refractivity contribution in [1.82, 2.24) is 4.90 Å². The van der Waals surface area contributed by atoms with Gasteiger partial charge in [-0.25, -0.2) is 0 Å². The van der Waals surface area contributed by atoms with Crippen LogP contribution < -0.4 is 14.2 Å². The first-order valence-electron chi connectivity index (χ1n) is 5.60. The minimum Gasteiger partial charge on any atom is -0.492 e. The summed E-state index contributed by atoms with van der Waals surface area (Å²) in [5.41, 5.74) is 1.86. The highest BCUT2D eigenvalue weighted by Crippen LogP contribution is 2.48. The summed E-state index contributed by atoms with van der Waals surface area (Å²) < 4.78 is 16.1. The normalized spacial score (nSPS) is 21.2. The second-order valence-electron chi connectivity index (χ2n) is 4.32. The molecule has 0 saturated carbocycles. The van der Waals surface area contributed by atoms with Gasteiger partial charge in [0, 0.05) is 12.1 Å². The molecule has 0 radical (unpaired) electrons. The average molecular weight is 274 g/mol. The first kappa shape index (κ1) is 13.3. The van der Waals surface area contributed by atoms with Gasteiger partial charge in [-0.2, -0.15) is 0 Å². The van der Waals surface area contributed by atoms with Gasteiger partial charge in [-0.15, -0.1) is 12.4 Å². The first-order chi connectivity index (χ1) is 8.22. The van der Waals surface area contributed by atoms with Crippen molar-refractivity contribution in [2.24, 2.45) is 0 Å². The van der Waals surface area contributed by atoms with E-state index in [1.807, 2.05) is 18.0 Å². The summed E-state index contributed by atoms with van der Waals surface area (Å²) in [6.45, 7) is 1.03. The molecule has 2 aliphatic heterocycles. The Bertz CT molecular complexity index is 466. The highest BCUT2D eigenvalue weighted by Gasteiger charge is 2.32. The van der Waals surface area contributed by atoms with E-state index >= 15 is 0 Å². The number of aliphatic hydroxyl groups excluding tert-OH is 1. The highest BCUT2D eigenvalue weighted by atomic mass is 35.5. The number of hydrogen-bond donors (Lipinski definition) is 1. The second-order valence-corrected chi connectivity index (χ2v) is 4.32. The Kier molecular flexibility index (Phi) is 3.56. The lowest BCUT2D eigenvalue weighted by Crippen LogP contribution is -2.32. The zero-order valence-corrected chi connectivity index (χ0v) is 11.1. The molecular weight excluding hydrogens is 258 g/mol. The van der Waals surface area contributed by atoms with Gasteiger partial charge in [-0.3, -0.25) is 4.90 Å². The van der Waals surface area contributed by atoms with Crippen molar-refractivity contribution >= 4 is 12.4 Å². The van der Waals surface area contributed by atoms with E-state index in [1.165, 1.54) is 0 Å². The van der Waals surface area contributed by atoms with Crippen LogP contribution in [0.2, 0.25) is 0 Å². The van der Waals surface area contributed by atoms with Gasteiger partial charge in [0.05, 0.1) is 7.11 Å². The number of methoxy groups -OCH3 is 1. The third-order valence-corrected chi connectivity index (χ3v) is 3.36. The van der Waals surface area contributed by atoms with E-state index in [0.29, 0.717) is 17.2 Å². The molecule has 3 rings (SSSR count). The molecule has 0 amide bonds. The summed E-state index contributed by atoms with van der Waals surface area (Å²) in [5.74, 6) is 1.90. The van der Waals surface area contributed by atoms with Crippen molar-refractivity contribution in [3.05, 3.63) is 17.2 Å².